The van der Waals surface area contributed by atoms with Crippen molar-refractivity contribution in [2.75, 3.05) is 0 Å². The van der Waals surface area contributed by atoms with Crippen molar-refractivity contribution < 1.29 is 0 Å². The van der Waals surface area contributed by atoms with Crippen LogP contribution in [0.25, 0.3) is 0 Å². The van der Waals surface area contributed by atoms with E-state index in [1.54, 1.807) is 0 Å². The molecule has 0 aromatic carbocycles. The molecule has 0 spiro atoms. The van der Waals surface area contributed by atoms with Gasteiger partial charge in [0.05, 0.1) is 0 Å². The van der Waals surface area contributed by atoms with Gasteiger partial charge in [0.2, 0.25) is 0 Å². The van der Waals surface area contributed by atoms with E-state index in [1.807, 2.05) is 11.1 Å². The number of fused-ring (bicyclic) bond motifs is 5. The summed E-state index contributed by atoms with van der Waals surface area (Å²) in [4.78, 5) is 0. The molecule has 3 fully saturated rings. The first-order chi connectivity index (χ1) is 12.1. The van der Waals surface area contributed by atoms with E-state index in [0.717, 1.165) is 23.7 Å². The van der Waals surface area contributed by atoms with E-state index in [9.17, 15) is 0 Å². The summed E-state index contributed by atoms with van der Waals surface area (Å²) in [5.74, 6) is 3.87. The zero-order chi connectivity index (χ0) is 17.1. The Bertz CT molecular complexity index is 589. The maximum Gasteiger partial charge on any atom is -0.00795 e. The molecule has 0 bridgehead atoms. The molecule has 0 heteroatoms. The fraction of sp³-hybridized carbons (Fsp3) is 0.840. The highest BCUT2D eigenvalue weighted by Crippen LogP contribution is 2.66. The summed E-state index contributed by atoms with van der Waals surface area (Å²) in [5.41, 5.74) is 4.91. The van der Waals surface area contributed by atoms with E-state index in [4.69, 9.17) is 0 Å². The Hall–Kier alpha value is -0.520. The molecule has 138 valence electrons. The van der Waals surface area contributed by atoms with Gasteiger partial charge in [0.15, 0.2) is 0 Å². The second kappa shape index (κ2) is 6.00. The van der Waals surface area contributed by atoms with Crippen molar-refractivity contribution in [3.63, 3.8) is 0 Å². The Labute approximate surface area is 155 Å². The molecule has 25 heavy (non-hydrogen) atoms. The minimum atomic E-state index is 0.555. The predicted molar refractivity (Wildman–Crippen MR) is 106 cm³/mol. The number of allylic oxidation sites excluding steroid dienone is 4. The first-order valence-corrected chi connectivity index (χ1v) is 11.5. The minimum Gasteiger partial charge on any atom is -0.0845 e. The van der Waals surface area contributed by atoms with Crippen molar-refractivity contribution in [2.45, 2.75) is 97.3 Å². The molecule has 0 heterocycles. The standard InChI is InChI=1S/C25H38/c1-24-16-7-6-10-19(24)11-12-20-22-14-13-21(18-8-4-3-5-9-18)25(22,2)17-15-23(20)24/h11,13,18,20,22-23H,3-10,12,14-17H2,1-2H3. The van der Waals surface area contributed by atoms with E-state index < -0.39 is 0 Å². The molecular formula is C25H38. The van der Waals surface area contributed by atoms with E-state index >= 15 is 0 Å². The first kappa shape index (κ1) is 16.6. The molecule has 0 nitrogen and oxygen atoms in total. The highest BCUT2D eigenvalue weighted by molar-refractivity contribution is 5.31. The lowest BCUT2D eigenvalue weighted by atomic mass is 9.47. The molecule has 3 saturated carbocycles. The van der Waals surface area contributed by atoms with Gasteiger partial charge in [-0.15, -0.1) is 0 Å². The molecule has 0 N–H and O–H groups in total. The van der Waals surface area contributed by atoms with Crippen LogP contribution in [0, 0.1) is 34.5 Å². The summed E-state index contributed by atoms with van der Waals surface area (Å²) in [6.45, 7) is 5.34. The van der Waals surface area contributed by atoms with E-state index in [1.165, 1.54) is 83.5 Å². The van der Waals surface area contributed by atoms with Crippen LogP contribution in [0.2, 0.25) is 0 Å². The normalized spacial score (nSPS) is 47.4. The maximum absolute atomic E-state index is 2.76. The Balaban J connectivity index is 1.43. The van der Waals surface area contributed by atoms with Crippen molar-refractivity contribution in [3.8, 4) is 0 Å². The van der Waals surface area contributed by atoms with E-state index in [2.05, 4.69) is 26.0 Å². The molecular weight excluding hydrogens is 300 g/mol. The number of hydrogen-bond acceptors (Lipinski definition) is 0. The van der Waals surface area contributed by atoms with Crippen LogP contribution in [-0.4, -0.2) is 0 Å². The first-order valence-electron chi connectivity index (χ1n) is 11.5. The van der Waals surface area contributed by atoms with Crippen molar-refractivity contribution in [1.82, 2.24) is 0 Å². The quantitative estimate of drug-likeness (QED) is 0.435. The van der Waals surface area contributed by atoms with E-state index in [-0.39, 0.29) is 0 Å². The van der Waals surface area contributed by atoms with E-state index in [0.29, 0.717) is 10.8 Å². The maximum atomic E-state index is 2.76. The minimum absolute atomic E-state index is 0.555. The van der Waals surface area contributed by atoms with Gasteiger partial charge < -0.3 is 0 Å². The summed E-state index contributed by atoms with van der Waals surface area (Å²) >= 11 is 0. The van der Waals surface area contributed by atoms with Crippen LogP contribution in [0.3, 0.4) is 0 Å². The summed E-state index contributed by atoms with van der Waals surface area (Å²) in [7, 11) is 0. The molecule has 5 aliphatic carbocycles. The lowest BCUT2D eigenvalue weighted by molar-refractivity contribution is -0.0203. The largest absolute Gasteiger partial charge is 0.0845 e. The fourth-order valence-corrected chi connectivity index (χ4v) is 8.35. The lowest BCUT2D eigenvalue weighted by Gasteiger charge is -2.58. The van der Waals surface area contributed by atoms with Gasteiger partial charge in [0.1, 0.15) is 0 Å². The fourth-order valence-electron chi connectivity index (χ4n) is 8.35. The average molecular weight is 339 g/mol. The van der Waals surface area contributed by atoms with Crippen molar-refractivity contribution in [3.05, 3.63) is 23.3 Å². The molecule has 0 aromatic heterocycles. The zero-order valence-electron chi connectivity index (χ0n) is 16.7. The molecule has 5 rings (SSSR count). The Morgan fingerprint density at radius 2 is 1.60 bits per heavy atom. The third-order valence-electron chi connectivity index (χ3n) is 9.70. The summed E-state index contributed by atoms with van der Waals surface area (Å²) in [5, 5.41) is 0. The van der Waals surface area contributed by atoms with Crippen LogP contribution < -0.4 is 0 Å². The molecule has 0 saturated heterocycles. The van der Waals surface area contributed by atoms with Gasteiger partial charge in [-0.3, -0.25) is 0 Å². The molecule has 5 unspecified atom stereocenters. The molecule has 0 aliphatic heterocycles. The van der Waals surface area contributed by atoms with Crippen molar-refractivity contribution >= 4 is 0 Å². The van der Waals surface area contributed by atoms with Crippen LogP contribution >= 0.6 is 0 Å². The predicted octanol–water partition coefficient (Wildman–Crippen LogP) is 7.46. The number of hydrogen-bond donors (Lipinski definition) is 0. The Kier molecular flexibility index (Phi) is 3.99. The molecule has 5 aliphatic rings. The molecule has 0 aromatic rings. The van der Waals surface area contributed by atoms with Crippen LogP contribution in [0.4, 0.5) is 0 Å². The smallest absolute Gasteiger partial charge is 0.00795 e. The van der Waals surface area contributed by atoms with Crippen molar-refractivity contribution in [2.24, 2.45) is 34.5 Å². The summed E-state index contributed by atoms with van der Waals surface area (Å²) in [6.07, 6.45) is 24.5. The Morgan fingerprint density at radius 3 is 2.44 bits per heavy atom. The van der Waals surface area contributed by atoms with Crippen molar-refractivity contribution in [1.29, 1.82) is 0 Å². The van der Waals surface area contributed by atoms with Crippen LogP contribution in [0.15, 0.2) is 23.3 Å². The van der Waals surface area contributed by atoms with Gasteiger partial charge in [-0.25, -0.2) is 0 Å². The molecule has 0 amide bonds. The Morgan fingerprint density at radius 1 is 0.760 bits per heavy atom. The van der Waals surface area contributed by atoms with Crippen LogP contribution in [0.1, 0.15) is 97.3 Å². The second-order valence-corrected chi connectivity index (χ2v) is 10.7. The van der Waals surface area contributed by atoms with Crippen LogP contribution in [-0.2, 0) is 0 Å². The van der Waals surface area contributed by atoms with Gasteiger partial charge in [0.25, 0.3) is 0 Å². The molecule has 5 atom stereocenters. The highest BCUT2D eigenvalue weighted by Gasteiger charge is 2.56. The summed E-state index contributed by atoms with van der Waals surface area (Å²) < 4.78 is 0. The SMILES string of the molecule is CC12CCCCC1=CCC1C2CCC2(C)C(C3CCCCC3)=CCC12. The lowest BCUT2D eigenvalue weighted by Crippen LogP contribution is -2.49. The van der Waals surface area contributed by atoms with Gasteiger partial charge in [-0.2, -0.15) is 0 Å². The second-order valence-electron chi connectivity index (χ2n) is 10.7. The van der Waals surface area contributed by atoms with Gasteiger partial charge >= 0.3 is 0 Å². The van der Waals surface area contributed by atoms with Gasteiger partial charge in [0, 0.05) is 0 Å². The van der Waals surface area contributed by atoms with Gasteiger partial charge in [-0.1, -0.05) is 62.8 Å². The van der Waals surface area contributed by atoms with Gasteiger partial charge in [-0.05, 0) is 92.3 Å². The topological polar surface area (TPSA) is 0 Å². The monoisotopic (exact) mass is 338 g/mol. The average Bonchev–Trinajstić information content (AvgIpc) is 2.99. The summed E-state index contributed by atoms with van der Waals surface area (Å²) in [6, 6.07) is 0. The number of rotatable bonds is 1. The van der Waals surface area contributed by atoms with Crippen LogP contribution in [0.5, 0.6) is 0 Å². The highest BCUT2D eigenvalue weighted by atomic mass is 14.6. The third-order valence-corrected chi connectivity index (χ3v) is 9.70. The molecule has 0 radical (unpaired) electrons. The third kappa shape index (κ3) is 2.38. The zero-order valence-corrected chi connectivity index (χ0v) is 16.7.